The molecule has 0 aliphatic rings. The smallest absolute Gasteiger partial charge is 0.0601 e. The summed E-state index contributed by atoms with van der Waals surface area (Å²) >= 11 is 0. The van der Waals surface area contributed by atoms with Crippen molar-refractivity contribution >= 4 is 0 Å². The van der Waals surface area contributed by atoms with E-state index in [-0.39, 0.29) is 0 Å². The molecule has 0 amide bonds. The Bertz CT molecular complexity index is 334. The van der Waals surface area contributed by atoms with E-state index >= 15 is 0 Å². The molecule has 0 unspecified atom stereocenters. The first-order valence-corrected chi connectivity index (χ1v) is 6.42. The highest BCUT2D eigenvalue weighted by molar-refractivity contribution is 5.14. The van der Waals surface area contributed by atoms with Crippen LogP contribution in [-0.2, 0) is 6.54 Å². The summed E-state index contributed by atoms with van der Waals surface area (Å²) in [5.74, 6) is 3.53. The van der Waals surface area contributed by atoms with E-state index in [0.717, 1.165) is 25.6 Å². The predicted molar refractivity (Wildman–Crippen MR) is 74.6 cm³/mol. The SMILES string of the molecule is C#CCN(CCCC(C)C)Cc1ccccc1. The Morgan fingerprint density at radius 3 is 2.53 bits per heavy atom. The molecule has 0 saturated heterocycles. The highest BCUT2D eigenvalue weighted by Gasteiger charge is 2.04. The number of hydrogen-bond acceptors (Lipinski definition) is 1. The molecule has 0 aliphatic heterocycles. The lowest BCUT2D eigenvalue weighted by atomic mass is 10.1. The van der Waals surface area contributed by atoms with Crippen molar-refractivity contribution in [3.8, 4) is 12.3 Å². The second-order valence-corrected chi connectivity index (χ2v) is 4.94. The van der Waals surface area contributed by atoms with Crippen molar-refractivity contribution < 1.29 is 0 Å². The molecule has 1 nitrogen and oxygen atoms in total. The molecule has 0 spiro atoms. The van der Waals surface area contributed by atoms with Gasteiger partial charge in [0.05, 0.1) is 6.54 Å². The van der Waals surface area contributed by atoms with Crippen molar-refractivity contribution in [3.05, 3.63) is 35.9 Å². The van der Waals surface area contributed by atoms with Crippen molar-refractivity contribution in [1.82, 2.24) is 4.90 Å². The summed E-state index contributed by atoms with van der Waals surface area (Å²) in [7, 11) is 0. The van der Waals surface area contributed by atoms with Crippen molar-refractivity contribution in [3.63, 3.8) is 0 Å². The second-order valence-electron chi connectivity index (χ2n) is 4.94. The second kappa shape index (κ2) is 7.92. The van der Waals surface area contributed by atoms with Crippen molar-refractivity contribution in [1.29, 1.82) is 0 Å². The van der Waals surface area contributed by atoms with Gasteiger partial charge in [-0.3, -0.25) is 4.90 Å². The lowest BCUT2D eigenvalue weighted by Crippen LogP contribution is -2.25. The first kappa shape index (κ1) is 13.8. The van der Waals surface area contributed by atoms with E-state index in [1.54, 1.807) is 0 Å². The minimum Gasteiger partial charge on any atom is -0.288 e. The topological polar surface area (TPSA) is 3.24 Å². The van der Waals surface area contributed by atoms with Gasteiger partial charge in [-0.15, -0.1) is 6.42 Å². The molecule has 0 bridgehead atoms. The number of benzene rings is 1. The summed E-state index contributed by atoms with van der Waals surface area (Å²) in [4.78, 5) is 2.34. The van der Waals surface area contributed by atoms with Crippen LogP contribution in [0.1, 0.15) is 32.3 Å². The summed E-state index contributed by atoms with van der Waals surface area (Å²) in [6, 6.07) is 10.5. The highest BCUT2D eigenvalue weighted by atomic mass is 15.1. The number of hydrogen-bond donors (Lipinski definition) is 0. The average Bonchev–Trinajstić information content (AvgIpc) is 2.30. The van der Waals surface area contributed by atoms with E-state index in [0.29, 0.717) is 0 Å². The van der Waals surface area contributed by atoms with Crippen LogP contribution in [0, 0.1) is 18.3 Å². The zero-order chi connectivity index (χ0) is 12.5. The lowest BCUT2D eigenvalue weighted by Gasteiger charge is -2.20. The van der Waals surface area contributed by atoms with Gasteiger partial charge >= 0.3 is 0 Å². The van der Waals surface area contributed by atoms with Crippen molar-refractivity contribution in [2.75, 3.05) is 13.1 Å². The van der Waals surface area contributed by atoms with Gasteiger partial charge in [-0.25, -0.2) is 0 Å². The van der Waals surface area contributed by atoms with Gasteiger partial charge in [-0.2, -0.15) is 0 Å². The first-order chi connectivity index (χ1) is 8.22. The van der Waals surface area contributed by atoms with Crippen molar-refractivity contribution in [2.24, 2.45) is 5.92 Å². The van der Waals surface area contributed by atoms with Crippen LogP contribution in [0.4, 0.5) is 0 Å². The van der Waals surface area contributed by atoms with Crippen LogP contribution >= 0.6 is 0 Å². The van der Waals surface area contributed by atoms with Crippen molar-refractivity contribution in [2.45, 2.75) is 33.2 Å². The molecule has 0 atom stereocenters. The molecule has 0 heterocycles. The van der Waals surface area contributed by atoms with Crippen LogP contribution in [0.3, 0.4) is 0 Å². The molecule has 1 heteroatoms. The molecule has 0 N–H and O–H groups in total. The van der Waals surface area contributed by atoms with E-state index in [4.69, 9.17) is 6.42 Å². The van der Waals surface area contributed by atoms with Gasteiger partial charge in [0.2, 0.25) is 0 Å². The van der Waals surface area contributed by atoms with Gasteiger partial charge in [0.1, 0.15) is 0 Å². The van der Waals surface area contributed by atoms with Crippen LogP contribution in [0.15, 0.2) is 30.3 Å². The largest absolute Gasteiger partial charge is 0.288 e. The quantitative estimate of drug-likeness (QED) is 0.646. The maximum Gasteiger partial charge on any atom is 0.0601 e. The van der Waals surface area contributed by atoms with Gasteiger partial charge in [-0.1, -0.05) is 50.1 Å². The van der Waals surface area contributed by atoms with Gasteiger partial charge in [-0.05, 0) is 30.9 Å². The van der Waals surface area contributed by atoms with Crippen LogP contribution in [0.5, 0.6) is 0 Å². The lowest BCUT2D eigenvalue weighted by molar-refractivity contribution is 0.285. The third kappa shape index (κ3) is 6.14. The summed E-state index contributed by atoms with van der Waals surface area (Å²) < 4.78 is 0. The minimum atomic E-state index is 0.743. The van der Waals surface area contributed by atoms with Gasteiger partial charge < -0.3 is 0 Å². The Morgan fingerprint density at radius 1 is 1.24 bits per heavy atom. The van der Waals surface area contributed by atoms with Crippen LogP contribution in [-0.4, -0.2) is 18.0 Å². The monoisotopic (exact) mass is 229 g/mol. The number of rotatable bonds is 7. The molecule has 0 saturated carbocycles. The van der Waals surface area contributed by atoms with Crippen LogP contribution < -0.4 is 0 Å². The molecule has 17 heavy (non-hydrogen) atoms. The fraction of sp³-hybridized carbons (Fsp3) is 0.500. The normalized spacial score (nSPS) is 10.8. The third-order valence-corrected chi connectivity index (χ3v) is 2.82. The predicted octanol–water partition coefficient (Wildman–Crippen LogP) is 3.56. The summed E-state index contributed by atoms with van der Waals surface area (Å²) in [6.07, 6.45) is 7.92. The molecule has 0 radical (unpaired) electrons. The van der Waals surface area contributed by atoms with Crippen LogP contribution in [0.25, 0.3) is 0 Å². The fourth-order valence-electron chi connectivity index (χ4n) is 1.91. The standard InChI is InChI=1S/C16H23N/c1-4-12-17(13-8-9-15(2)3)14-16-10-6-5-7-11-16/h1,5-7,10-11,15H,8-9,12-14H2,2-3H3. The molecule has 1 aromatic rings. The van der Waals surface area contributed by atoms with E-state index in [1.165, 1.54) is 18.4 Å². The van der Waals surface area contributed by atoms with Gasteiger partial charge in [0.15, 0.2) is 0 Å². The van der Waals surface area contributed by atoms with E-state index in [2.05, 4.69) is 48.9 Å². The zero-order valence-corrected chi connectivity index (χ0v) is 11.0. The zero-order valence-electron chi connectivity index (χ0n) is 11.0. The maximum absolute atomic E-state index is 5.42. The van der Waals surface area contributed by atoms with Gasteiger partial charge in [0, 0.05) is 6.54 Å². The Kier molecular flexibility index (Phi) is 6.43. The Morgan fingerprint density at radius 2 is 1.94 bits per heavy atom. The van der Waals surface area contributed by atoms with E-state index in [9.17, 15) is 0 Å². The number of terminal acetylenes is 1. The van der Waals surface area contributed by atoms with E-state index in [1.807, 2.05) is 6.07 Å². The Balaban J connectivity index is 2.41. The first-order valence-electron chi connectivity index (χ1n) is 6.42. The molecule has 1 rings (SSSR count). The van der Waals surface area contributed by atoms with Gasteiger partial charge in [0.25, 0.3) is 0 Å². The fourth-order valence-corrected chi connectivity index (χ4v) is 1.91. The third-order valence-electron chi connectivity index (χ3n) is 2.82. The Labute approximate surface area is 106 Å². The molecule has 0 aliphatic carbocycles. The minimum absolute atomic E-state index is 0.743. The van der Waals surface area contributed by atoms with Crippen LogP contribution in [0.2, 0.25) is 0 Å². The molecular weight excluding hydrogens is 206 g/mol. The molecule has 1 aromatic carbocycles. The molecule has 92 valence electrons. The summed E-state index contributed by atoms with van der Waals surface area (Å²) in [6.45, 7) is 7.33. The molecule has 0 aromatic heterocycles. The number of nitrogens with zero attached hydrogens (tertiary/aromatic N) is 1. The molecular formula is C16H23N. The average molecular weight is 229 g/mol. The summed E-state index contributed by atoms with van der Waals surface area (Å²) in [5.41, 5.74) is 1.34. The highest BCUT2D eigenvalue weighted by Crippen LogP contribution is 2.08. The molecule has 0 fully saturated rings. The summed E-state index contributed by atoms with van der Waals surface area (Å²) in [5, 5.41) is 0. The maximum atomic E-state index is 5.42. The Hall–Kier alpha value is -1.26. The van der Waals surface area contributed by atoms with E-state index < -0.39 is 0 Å².